The molecule has 6 nitrogen and oxygen atoms in total. The second-order valence-corrected chi connectivity index (χ2v) is 3.12. The predicted octanol–water partition coefficient (Wildman–Crippen LogP) is 1.31. The zero-order valence-electron chi connectivity index (χ0n) is 8.86. The average molecular weight is 223 g/mol. The Labute approximate surface area is 92.7 Å². The van der Waals surface area contributed by atoms with Gasteiger partial charge in [0.25, 0.3) is 0 Å². The molecule has 16 heavy (non-hydrogen) atoms. The summed E-state index contributed by atoms with van der Waals surface area (Å²) in [6.45, 7) is 2.53. The fraction of sp³-hybridized carbons (Fsp3) is 0.300. The molecule has 3 N–H and O–H groups in total. The van der Waals surface area contributed by atoms with Gasteiger partial charge in [-0.15, -0.1) is 0 Å². The van der Waals surface area contributed by atoms with Crippen molar-refractivity contribution in [2.24, 2.45) is 0 Å². The molecule has 0 radical (unpaired) electrons. The van der Waals surface area contributed by atoms with Crippen LogP contribution >= 0.6 is 0 Å². The molecule has 1 rings (SSSR count). The molecule has 0 saturated heterocycles. The molecule has 0 bridgehead atoms. The third-order valence-corrected chi connectivity index (χ3v) is 1.79. The van der Waals surface area contributed by atoms with Gasteiger partial charge in [0, 0.05) is 12.7 Å². The number of carboxylic acid groups (broad SMARTS) is 1. The largest absolute Gasteiger partial charge is 0.478 e. The number of aromatic carboxylic acids is 1. The second kappa shape index (κ2) is 5.69. The molecule has 1 heterocycles. The molecule has 0 aliphatic rings. The van der Waals surface area contributed by atoms with E-state index >= 15 is 0 Å². The van der Waals surface area contributed by atoms with Crippen LogP contribution in [0.1, 0.15) is 23.7 Å². The highest BCUT2D eigenvalue weighted by atomic mass is 16.4. The molecule has 0 aromatic carbocycles. The van der Waals surface area contributed by atoms with Gasteiger partial charge >= 0.3 is 12.0 Å². The van der Waals surface area contributed by atoms with E-state index in [0.717, 1.165) is 6.42 Å². The number of carbonyl (C=O) groups is 2. The van der Waals surface area contributed by atoms with Crippen LogP contribution in [0.3, 0.4) is 0 Å². The van der Waals surface area contributed by atoms with E-state index in [0.29, 0.717) is 12.4 Å². The number of nitrogens with zero attached hydrogens (tertiary/aromatic N) is 1. The van der Waals surface area contributed by atoms with Crippen LogP contribution in [0.15, 0.2) is 18.3 Å². The molecular formula is C10H13N3O3. The molecule has 2 amide bonds. The summed E-state index contributed by atoms with van der Waals surface area (Å²) in [5.74, 6) is -0.729. The lowest BCUT2D eigenvalue weighted by Gasteiger charge is -2.05. The maximum Gasteiger partial charge on any atom is 0.337 e. The minimum atomic E-state index is -1.05. The number of pyridine rings is 1. The molecular weight excluding hydrogens is 210 g/mol. The third kappa shape index (κ3) is 3.56. The van der Waals surface area contributed by atoms with Crippen molar-refractivity contribution in [2.75, 3.05) is 11.9 Å². The summed E-state index contributed by atoms with van der Waals surface area (Å²) in [5, 5.41) is 13.7. The molecule has 6 heteroatoms. The lowest BCUT2D eigenvalue weighted by Crippen LogP contribution is -2.29. The summed E-state index contributed by atoms with van der Waals surface area (Å²) in [5.41, 5.74) is 0.0829. The van der Waals surface area contributed by atoms with Crippen LogP contribution < -0.4 is 10.6 Å². The standard InChI is InChI=1S/C10H13N3O3/c1-2-5-11-10(16)13-8-4-3-7(6-12-8)9(14)15/h3-4,6H,2,5H2,1H3,(H,14,15)(H2,11,12,13,16). The molecule has 0 unspecified atom stereocenters. The molecule has 0 atom stereocenters. The van der Waals surface area contributed by atoms with Gasteiger partial charge in [-0.3, -0.25) is 5.32 Å². The van der Waals surface area contributed by atoms with Crippen molar-refractivity contribution in [3.05, 3.63) is 23.9 Å². The smallest absolute Gasteiger partial charge is 0.337 e. The number of anilines is 1. The van der Waals surface area contributed by atoms with Crippen molar-refractivity contribution < 1.29 is 14.7 Å². The summed E-state index contributed by atoms with van der Waals surface area (Å²) >= 11 is 0. The van der Waals surface area contributed by atoms with Gasteiger partial charge in [0.1, 0.15) is 5.82 Å². The van der Waals surface area contributed by atoms with Crippen LogP contribution in [0.4, 0.5) is 10.6 Å². The molecule has 0 saturated carbocycles. The van der Waals surface area contributed by atoms with Crippen LogP contribution in [0.2, 0.25) is 0 Å². The van der Waals surface area contributed by atoms with E-state index in [1.54, 1.807) is 0 Å². The fourth-order valence-electron chi connectivity index (χ4n) is 0.993. The van der Waals surface area contributed by atoms with Gasteiger partial charge in [-0.1, -0.05) is 6.92 Å². The highest BCUT2D eigenvalue weighted by molar-refractivity contribution is 5.90. The van der Waals surface area contributed by atoms with Crippen LogP contribution in [-0.4, -0.2) is 28.6 Å². The molecule has 0 aliphatic carbocycles. The molecule has 1 aromatic rings. The highest BCUT2D eigenvalue weighted by Gasteiger charge is 2.04. The van der Waals surface area contributed by atoms with Crippen molar-refractivity contribution in [3.63, 3.8) is 0 Å². The second-order valence-electron chi connectivity index (χ2n) is 3.12. The van der Waals surface area contributed by atoms with Gasteiger partial charge in [-0.25, -0.2) is 14.6 Å². The van der Waals surface area contributed by atoms with E-state index in [1.165, 1.54) is 18.3 Å². The normalized spacial score (nSPS) is 9.56. The number of carbonyl (C=O) groups excluding carboxylic acids is 1. The Kier molecular flexibility index (Phi) is 4.26. The summed E-state index contributed by atoms with van der Waals surface area (Å²) in [6, 6.07) is 2.47. The Morgan fingerprint density at radius 3 is 2.69 bits per heavy atom. The van der Waals surface area contributed by atoms with Gasteiger partial charge in [0.05, 0.1) is 5.56 Å². The number of hydrogen-bond acceptors (Lipinski definition) is 3. The van der Waals surface area contributed by atoms with E-state index < -0.39 is 5.97 Å². The zero-order chi connectivity index (χ0) is 12.0. The monoisotopic (exact) mass is 223 g/mol. The van der Waals surface area contributed by atoms with Gasteiger partial charge in [0.2, 0.25) is 0 Å². The van der Waals surface area contributed by atoms with Crippen molar-refractivity contribution in [3.8, 4) is 0 Å². The first kappa shape index (κ1) is 12.0. The van der Waals surface area contributed by atoms with Gasteiger partial charge in [0.15, 0.2) is 0 Å². The first-order valence-electron chi connectivity index (χ1n) is 4.87. The first-order valence-corrected chi connectivity index (χ1v) is 4.87. The summed E-state index contributed by atoms with van der Waals surface area (Å²) < 4.78 is 0. The van der Waals surface area contributed by atoms with E-state index in [9.17, 15) is 9.59 Å². The van der Waals surface area contributed by atoms with E-state index in [1.807, 2.05) is 6.92 Å². The minimum absolute atomic E-state index is 0.0829. The first-order chi connectivity index (χ1) is 7.63. The van der Waals surface area contributed by atoms with Gasteiger partial charge < -0.3 is 10.4 Å². The number of aromatic nitrogens is 1. The van der Waals surface area contributed by atoms with Crippen LogP contribution in [0.5, 0.6) is 0 Å². The number of nitrogens with one attached hydrogen (secondary N) is 2. The van der Waals surface area contributed by atoms with Gasteiger partial charge in [-0.2, -0.15) is 0 Å². The number of rotatable bonds is 4. The molecule has 0 aliphatic heterocycles. The topological polar surface area (TPSA) is 91.3 Å². The van der Waals surface area contributed by atoms with Crippen LogP contribution in [-0.2, 0) is 0 Å². The molecule has 0 spiro atoms. The summed E-state index contributed by atoms with van der Waals surface area (Å²) in [4.78, 5) is 25.5. The summed E-state index contributed by atoms with van der Waals surface area (Å²) in [7, 11) is 0. The maximum atomic E-state index is 11.2. The van der Waals surface area contributed by atoms with Crippen molar-refractivity contribution in [1.29, 1.82) is 0 Å². The Bertz CT molecular complexity index is 375. The fourth-order valence-corrected chi connectivity index (χ4v) is 0.993. The Morgan fingerprint density at radius 2 is 2.19 bits per heavy atom. The van der Waals surface area contributed by atoms with Crippen molar-refractivity contribution >= 4 is 17.8 Å². The lowest BCUT2D eigenvalue weighted by molar-refractivity contribution is 0.0696. The lowest BCUT2D eigenvalue weighted by atomic mass is 10.3. The Hall–Kier alpha value is -2.11. The molecule has 1 aromatic heterocycles. The SMILES string of the molecule is CCCNC(=O)Nc1ccc(C(=O)O)cn1. The van der Waals surface area contributed by atoms with Crippen molar-refractivity contribution in [2.45, 2.75) is 13.3 Å². The average Bonchev–Trinajstić information content (AvgIpc) is 2.27. The van der Waals surface area contributed by atoms with E-state index in [-0.39, 0.29) is 11.6 Å². The quantitative estimate of drug-likeness (QED) is 0.717. The number of amides is 2. The van der Waals surface area contributed by atoms with Crippen LogP contribution in [0.25, 0.3) is 0 Å². The third-order valence-electron chi connectivity index (χ3n) is 1.79. The van der Waals surface area contributed by atoms with Crippen molar-refractivity contribution in [1.82, 2.24) is 10.3 Å². The summed E-state index contributed by atoms with van der Waals surface area (Å²) in [6.07, 6.45) is 2.04. The van der Waals surface area contributed by atoms with E-state index in [2.05, 4.69) is 15.6 Å². The van der Waals surface area contributed by atoms with E-state index in [4.69, 9.17) is 5.11 Å². The maximum absolute atomic E-state index is 11.2. The minimum Gasteiger partial charge on any atom is -0.478 e. The Morgan fingerprint density at radius 1 is 1.44 bits per heavy atom. The Balaban J connectivity index is 2.55. The highest BCUT2D eigenvalue weighted by Crippen LogP contribution is 2.04. The molecule has 0 fully saturated rings. The van der Waals surface area contributed by atoms with Crippen LogP contribution in [0, 0.1) is 0 Å². The van der Waals surface area contributed by atoms with Gasteiger partial charge in [-0.05, 0) is 18.6 Å². The number of hydrogen-bond donors (Lipinski definition) is 3. The predicted molar refractivity (Wildman–Crippen MR) is 58.5 cm³/mol. The number of urea groups is 1. The number of carboxylic acids is 1. The zero-order valence-corrected chi connectivity index (χ0v) is 8.86. The molecule has 86 valence electrons.